The lowest BCUT2D eigenvalue weighted by Crippen LogP contribution is -2.20. The Morgan fingerprint density at radius 2 is 1.70 bits per heavy atom. The number of urea groups is 1. The zero-order chi connectivity index (χ0) is 24.6. The second-order valence-electron chi connectivity index (χ2n) is 6.36. The molecule has 7 nitrogen and oxygen atoms in total. The number of rotatable bonds is 7. The molecule has 0 aliphatic heterocycles. The summed E-state index contributed by atoms with van der Waals surface area (Å²) in [5.41, 5.74) is -0.697. The zero-order valence-corrected chi connectivity index (χ0v) is 18.3. The van der Waals surface area contributed by atoms with Crippen molar-refractivity contribution in [2.45, 2.75) is 13.1 Å². The Hall–Kier alpha value is -3.79. The van der Waals surface area contributed by atoms with Gasteiger partial charge < -0.3 is 20.7 Å². The van der Waals surface area contributed by atoms with Gasteiger partial charge in [0.2, 0.25) is 0 Å². The first-order valence-corrected chi connectivity index (χ1v) is 9.74. The van der Waals surface area contributed by atoms with Gasteiger partial charge in [0, 0.05) is 24.5 Å². The highest BCUT2D eigenvalue weighted by molar-refractivity contribution is 6.31. The van der Waals surface area contributed by atoms with Crippen LogP contribution in [0.1, 0.15) is 12.5 Å². The highest BCUT2D eigenvalue weighted by Gasteiger charge is 2.33. The highest BCUT2D eigenvalue weighted by atomic mass is 35.5. The van der Waals surface area contributed by atoms with Crippen LogP contribution in [-0.4, -0.2) is 25.7 Å². The molecule has 0 radical (unpaired) electrons. The summed E-state index contributed by atoms with van der Waals surface area (Å²) in [5, 5.41) is 6.78. The van der Waals surface area contributed by atoms with Crippen molar-refractivity contribution < 1.29 is 27.5 Å². The van der Waals surface area contributed by atoms with Gasteiger partial charge in [-0.2, -0.15) is 13.2 Å². The van der Waals surface area contributed by atoms with Crippen molar-refractivity contribution in [2.75, 3.05) is 17.7 Å². The van der Waals surface area contributed by atoms with E-state index in [-0.39, 0.29) is 11.4 Å². The van der Waals surface area contributed by atoms with Gasteiger partial charge in [0.05, 0.1) is 10.6 Å². The fourth-order valence-electron chi connectivity index (χ4n) is 2.47. The molecule has 174 valence electrons. The van der Waals surface area contributed by atoms with Crippen LogP contribution in [0.2, 0.25) is 5.02 Å². The Morgan fingerprint density at radius 3 is 2.24 bits per heavy atom. The summed E-state index contributed by atoms with van der Waals surface area (Å²) in [5.74, 6) is 0.308. The average molecular weight is 481 g/mol. The summed E-state index contributed by atoms with van der Waals surface area (Å²) < 4.78 is 44.5. The summed E-state index contributed by atoms with van der Waals surface area (Å²) in [7, 11) is 1.46. The molecule has 33 heavy (non-hydrogen) atoms. The van der Waals surface area contributed by atoms with Gasteiger partial charge in [0.15, 0.2) is 0 Å². The number of likely N-dealkylation sites (N-methyl/N-ethyl adjacent to an activating group) is 1. The van der Waals surface area contributed by atoms with E-state index in [0.29, 0.717) is 17.2 Å². The third-order valence-corrected chi connectivity index (χ3v) is 4.40. The second kappa shape index (κ2) is 11.2. The van der Waals surface area contributed by atoms with E-state index in [9.17, 15) is 22.8 Å². The Labute approximate surface area is 193 Å². The van der Waals surface area contributed by atoms with Crippen molar-refractivity contribution >= 4 is 41.6 Å². The van der Waals surface area contributed by atoms with Crippen LogP contribution in [0, 0.1) is 0 Å². The summed E-state index contributed by atoms with van der Waals surface area (Å²) in [4.78, 5) is 27.5. The maximum atomic E-state index is 13.0. The molecule has 0 saturated carbocycles. The number of benzene rings is 2. The minimum atomic E-state index is -4.65. The number of anilines is 2. The lowest BCUT2D eigenvalue weighted by atomic mass is 10.2. The summed E-state index contributed by atoms with van der Waals surface area (Å²) >= 11 is 5.57. The molecule has 0 heterocycles. The fraction of sp³-hybridized carbons (Fsp3) is 0.136. The average Bonchev–Trinajstić information content (AvgIpc) is 2.77. The molecule has 2 aromatic carbocycles. The summed E-state index contributed by atoms with van der Waals surface area (Å²) in [6, 6.07) is 8.47. The molecule has 3 N–H and O–H groups in total. The molecular weight excluding hydrogens is 461 g/mol. The SMILES string of the molecule is C=N/C(=C\C(=C/C)Oc1ccc(NC(=O)Nc2ccc(Cl)c(C(F)(F)F)c2)cc1)C(=O)NC. The molecule has 0 aliphatic rings. The maximum absolute atomic E-state index is 13.0. The predicted octanol–water partition coefficient (Wildman–Crippen LogP) is 5.62. The summed E-state index contributed by atoms with van der Waals surface area (Å²) in [6.45, 7) is 5.05. The lowest BCUT2D eigenvalue weighted by molar-refractivity contribution is -0.137. The van der Waals surface area contributed by atoms with Crippen LogP contribution >= 0.6 is 11.6 Å². The second-order valence-corrected chi connectivity index (χ2v) is 6.76. The van der Waals surface area contributed by atoms with Crippen LogP contribution in [-0.2, 0) is 11.0 Å². The number of ether oxygens (including phenoxy) is 1. The number of allylic oxidation sites excluding steroid dienone is 2. The first-order chi connectivity index (χ1) is 15.6. The van der Waals surface area contributed by atoms with Gasteiger partial charge in [-0.3, -0.25) is 9.79 Å². The Kier molecular flexibility index (Phi) is 8.63. The molecule has 3 amide bonds. The van der Waals surface area contributed by atoms with Crippen LogP contribution in [0.25, 0.3) is 0 Å². The number of carbonyl (C=O) groups is 2. The third kappa shape index (κ3) is 7.39. The van der Waals surface area contributed by atoms with E-state index in [4.69, 9.17) is 16.3 Å². The maximum Gasteiger partial charge on any atom is 0.417 e. The monoisotopic (exact) mass is 480 g/mol. The third-order valence-electron chi connectivity index (χ3n) is 4.07. The molecule has 0 saturated heterocycles. The van der Waals surface area contributed by atoms with Crippen molar-refractivity contribution in [3.63, 3.8) is 0 Å². The highest BCUT2D eigenvalue weighted by Crippen LogP contribution is 2.36. The van der Waals surface area contributed by atoms with Gasteiger partial charge in [-0.05, 0) is 62.2 Å². The van der Waals surface area contributed by atoms with Gasteiger partial charge in [0.1, 0.15) is 17.2 Å². The standard InChI is InChI=1S/C22H20ClF3N4O3/c1-4-15(12-19(27-2)20(31)28-3)33-16-8-5-13(6-9-16)29-21(32)30-14-7-10-18(23)17(11-14)22(24,25)26/h4-12H,2H2,1,3H3,(H,28,31)(H2,29,30,32)/b15-4+,19-12-. The van der Waals surface area contributed by atoms with Crippen molar-refractivity contribution in [1.29, 1.82) is 0 Å². The van der Waals surface area contributed by atoms with E-state index in [2.05, 4.69) is 27.7 Å². The molecule has 0 fully saturated rings. The molecule has 0 unspecified atom stereocenters. The first-order valence-electron chi connectivity index (χ1n) is 9.37. The largest absolute Gasteiger partial charge is 0.458 e. The minimum Gasteiger partial charge on any atom is -0.458 e. The van der Waals surface area contributed by atoms with E-state index >= 15 is 0 Å². The first kappa shape index (κ1) is 25.5. The summed E-state index contributed by atoms with van der Waals surface area (Å²) in [6.07, 6.45) is -1.62. The van der Waals surface area contributed by atoms with Gasteiger partial charge in [-0.1, -0.05) is 11.6 Å². The molecule has 0 aromatic heterocycles. The molecule has 0 atom stereocenters. The van der Waals surface area contributed by atoms with E-state index in [1.54, 1.807) is 25.1 Å². The number of nitrogens with one attached hydrogen (secondary N) is 3. The Bertz CT molecular complexity index is 1100. The van der Waals surface area contributed by atoms with Gasteiger partial charge in [-0.25, -0.2) is 4.79 Å². The number of aliphatic imine (C=N–C) groups is 1. The molecule has 0 aliphatic carbocycles. The van der Waals surface area contributed by atoms with E-state index in [0.717, 1.165) is 12.1 Å². The van der Waals surface area contributed by atoms with Crippen molar-refractivity contribution in [2.24, 2.45) is 4.99 Å². The fourth-order valence-corrected chi connectivity index (χ4v) is 2.70. The van der Waals surface area contributed by atoms with Crippen molar-refractivity contribution in [1.82, 2.24) is 5.32 Å². The molecular formula is C22H20ClF3N4O3. The molecule has 0 bridgehead atoms. The van der Waals surface area contributed by atoms with E-state index < -0.39 is 28.7 Å². The minimum absolute atomic E-state index is 0.0661. The van der Waals surface area contributed by atoms with Gasteiger partial charge in [0.25, 0.3) is 5.91 Å². The molecule has 2 rings (SSSR count). The van der Waals surface area contributed by atoms with Gasteiger partial charge >= 0.3 is 12.2 Å². The van der Waals surface area contributed by atoms with Crippen LogP contribution in [0.3, 0.4) is 0 Å². The molecule has 2 aromatic rings. The number of alkyl halides is 3. The Morgan fingerprint density at radius 1 is 1.09 bits per heavy atom. The predicted molar refractivity (Wildman–Crippen MR) is 122 cm³/mol. The van der Waals surface area contributed by atoms with Crippen molar-refractivity contribution in [3.8, 4) is 5.75 Å². The van der Waals surface area contributed by atoms with E-state index in [1.807, 2.05) is 0 Å². The molecule has 0 spiro atoms. The Balaban J connectivity index is 2.04. The number of halogens is 4. The number of carbonyl (C=O) groups excluding carboxylic acids is 2. The molecule has 11 heteroatoms. The van der Waals surface area contributed by atoms with Crippen LogP contribution in [0.4, 0.5) is 29.3 Å². The van der Waals surface area contributed by atoms with Gasteiger partial charge in [-0.15, -0.1) is 0 Å². The number of amides is 3. The van der Waals surface area contributed by atoms with Crippen LogP contribution in [0.5, 0.6) is 5.75 Å². The van der Waals surface area contributed by atoms with Crippen LogP contribution in [0.15, 0.2) is 71.1 Å². The smallest absolute Gasteiger partial charge is 0.417 e. The van der Waals surface area contributed by atoms with Crippen LogP contribution < -0.4 is 20.7 Å². The number of hydrogen-bond acceptors (Lipinski definition) is 4. The number of hydrogen-bond donors (Lipinski definition) is 3. The quantitative estimate of drug-likeness (QED) is 0.208. The van der Waals surface area contributed by atoms with Crippen molar-refractivity contribution in [3.05, 3.63) is 76.7 Å². The zero-order valence-electron chi connectivity index (χ0n) is 17.6. The normalized spacial score (nSPS) is 12.1. The lowest BCUT2D eigenvalue weighted by Gasteiger charge is -2.13. The number of nitrogens with zero attached hydrogens (tertiary/aromatic N) is 1. The van der Waals surface area contributed by atoms with E-state index in [1.165, 1.54) is 31.3 Å². The topological polar surface area (TPSA) is 91.8 Å².